The van der Waals surface area contributed by atoms with Gasteiger partial charge in [-0.25, -0.2) is 8.78 Å². The number of methoxy groups -OCH3 is 1. The van der Waals surface area contributed by atoms with Crippen molar-refractivity contribution in [1.29, 1.82) is 0 Å². The van der Waals surface area contributed by atoms with Gasteiger partial charge in [0.1, 0.15) is 17.4 Å². The number of halogens is 2. The lowest BCUT2D eigenvalue weighted by Gasteiger charge is -2.05. The molecule has 0 bridgehead atoms. The summed E-state index contributed by atoms with van der Waals surface area (Å²) in [6.07, 6.45) is 0. The van der Waals surface area contributed by atoms with Gasteiger partial charge in [0.15, 0.2) is 0 Å². The van der Waals surface area contributed by atoms with Crippen LogP contribution in [0.2, 0.25) is 0 Å². The zero-order chi connectivity index (χ0) is 11.5. The number of benzene rings is 2. The minimum atomic E-state index is -0.452. The quantitative estimate of drug-likeness (QED) is 0.750. The van der Waals surface area contributed by atoms with Gasteiger partial charge in [0, 0.05) is 5.56 Å². The van der Waals surface area contributed by atoms with E-state index in [-0.39, 0.29) is 5.56 Å². The van der Waals surface area contributed by atoms with Crippen LogP contribution in [0.3, 0.4) is 0 Å². The second kappa shape index (κ2) is 4.31. The van der Waals surface area contributed by atoms with Crippen molar-refractivity contribution in [3.05, 3.63) is 54.1 Å². The van der Waals surface area contributed by atoms with Gasteiger partial charge in [0.25, 0.3) is 0 Å². The van der Waals surface area contributed by atoms with Gasteiger partial charge < -0.3 is 4.74 Å². The fourth-order valence-corrected chi connectivity index (χ4v) is 1.49. The summed E-state index contributed by atoms with van der Waals surface area (Å²) in [5.74, 6) is -0.209. The highest BCUT2D eigenvalue weighted by Crippen LogP contribution is 2.25. The number of hydrogen-bond acceptors (Lipinski definition) is 1. The highest BCUT2D eigenvalue weighted by molar-refractivity contribution is 5.64. The molecule has 0 aliphatic heterocycles. The monoisotopic (exact) mass is 220 g/mol. The molecule has 16 heavy (non-hydrogen) atoms. The van der Waals surface area contributed by atoms with Crippen molar-refractivity contribution in [3.63, 3.8) is 0 Å². The maximum absolute atomic E-state index is 13.4. The molecule has 0 aliphatic rings. The summed E-state index contributed by atoms with van der Waals surface area (Å²) in [6.45, 7) is 0. The maximum atomic E-state index is 13.4. The first-order chi connectivity index (χ1) is 7.70. The van der Waals surface area contributed by atoms with Crippen molar-refractivity contribution in [3.8, 4) is 16.9 Å². The molecule has 0 radical (unpaired) electrons. The molecule has 0 amide bonds. The Balaban J connectivity index is 2.45. The van der Waals surface area contributed by atoms with E-state index in [1.165, 1.54) is 6.07 Å². The Morgan fingerprint density at radius 1 is 0.938 bits per heavy atom. The van der Waals surface area contributed by atoms with Crippen LogP contribution in [0.15, 0.2) is 42.5 Å². The summed E-state index contributed by atoms with van der Waals surface area (Å²) in [5, 5.41) is 0. The van der Waals surface area contributed by atoms with Crippen LogP contribution in [0.25, 0.3) is 11.1 Å². The van der Waals surface area contributed by atoms with Gasteiger partial charge >= 0.3 is 0 Å². The summed E-state index contributed by atoms with van der Waals surface area (Å²) < 4.78 is 31.4. The predicted molar refractivity (Wildman–Crippen MR) is 58.3 cm³/mol. The molecule has 1 nitrogen and oxygen atoms in total. The Morgan fingerprint density at radius 3 is 2.25 bits per heavy atom. The van der Waals surface area contributed by atoms with Crippen LogP contribution >= 0.6 is 0 Å². The second-order valence-corrected chi connectivity index (χ2v) is 3.35. The molecule has 0 unspecified atom stereocenters. The fourth-order valence-electron chi connectivity index (χ4n) is 1.49. The molecular weight excluding hydrogens is 210 g/mol. The lowest BCUT2D eigenvalue weighted by Crippen LogP contribution is -1.87. The van der Waals surface area contributed by atoms with Gasteiger partial charge in [-0.2, -0.15) is 0 Å². The predicted octanol–water partition coefficient (Wildman–Crippen LogP) is 3.64. The Morgan fingerprint density at radius 2 is 1.62 bits per heavy atom. The molecule has 0 fully saturated rings. The van der Waals surface area contributed by atoms with Crippen LogP contribution in [-0.2, 0) is 0 Å². The molecule has 2 rings (SSSR count). The van der Waals surface area contributed by atoms with Crippen LogP contribution in [0.1, 0.15) is 0 Å². The minimum absolute atomic E-state index is 0.252. The van der Waals surface area contributed by atoms with Gasteiger partial charge in [0.05, 0.1) is 7.11 Å². The van der Waals surface area contributed by atoms with E-state index in [0.29, 0.717) is 11.3 Å². The first kappa shape index (κ1) is 10.6. The lowest BCUT2D eigenvalue weighted by atomic mass is 10.1. The van der Waals surface area contributed by atoms with Crippen molar-refractivity contribution in [1.82, 2.24) is 0 Å². The number of hydrogen-bond donors (Lipinski definition) is 0. The summed E-state index contributed by atoms with van der Waals surface area (Å²) in [6, 6.07) is 10.2. The fraction of sp³-hybridized carbons (Fsp3) is 0.0769. The van der Waals surface area contributed by atoms with E-state index >= 15 is 0 Å². The van der Waals surface area contributed by atoms with Crippen molar-refractivity contribution >= 4 is 0 Å². The topological polar surface area (TPSA) is 9.23 Å². The zero-order valence-corrected chi connectivity index (χ0v) is 8.71. The van der Waals surface area contributed by atoms with E-state index in [0.717, 1.165) is 12.1 Å². The standard InChI is InChI=1S/C13H10F2O/c1-16-11-5-2-9(3-6-11)12-8-10(14)4-7-13(12)15/h2-8H,1H3. The van der Waals surface area contributed by atoms with E-state index < -0.39 is 11.6 Å². The third-order valence-electron chi connectivity index (χ3n) is 2.33. The van der Waals surface area contributed by atoms with Gasteiger partial charge in [0.2, 0.25) is 0 Å². The third-order valence-corrected chi connectivity index (χ3v) is 2.33. The van der Waals surface area contributed by atoms with Crippen LogP contribution in [-0.4, -0.2) is 7.11 Å². The Kier molecular flexibility index (Phi) is 2.86. The lowest BCUT2D eigenvalue weighted by molar-refractivity contribution is 0.415. The molecule has 0 saturated heterocycles. The van der Waals surface area contributed by atoms with Crippen LogP contribution < -0.4 is 4.74 Å². The van der Waals surface area contributed by atoms with Crippen LogP contribution in [0.5, 0.6) is 5.75 Å². The number of rotatable bonds is 2. The molecule has 2 aromatic carbocycles. The molecule has 0 saturated carbocycles. The summed E-state index contributed by atoms with van der Waals surface area (Å²) in [7, 11) is 1.55. The first-order valence-electron chi connectivity index (χ1n) is 4.80. The molecule has 0 N–H and O–H groups in total. The molecule has 0 heterocycles. The average molecular weight is 220 g/mol. The van der Waals surface area contributed by atoms with Crippen molar-refractivity contribution in [2.75, 3.05) is 7.11 Å². The van der Waals surface area contributed by atoms with E-state index in [9.17, 15) is 8.78 Å². The smallest absolute Gasteiger partial charge is 0.131 e. The summed E-state index contributed by atoms with van der Waals surface area (Å²) in [5.41, 5.74) is 0.875. The Bertz CT molecular complexity index is 492. The second-order valence-electron chi connectivity index (χ2n) is 3.35. The van der Waals surface area contributed by atoms with E-state index in [1.807, 2.05) is 0 Å². The molecule has 2 aromatic rings. The van der Waals surface area contributed by atoms with Gasteiger partial charge in [-0.3, -0.25) is 0 Å². The number of ether oxygens (including phenoxy) is 1. The van der Waals surface area contributed by atoms with Crippen molar-refractivity contribution < 1.29 is 13.5 Å². The molecule has 82 valence electrons. The van der Waals surface area contributed by atoms with Crippen molar-refractivity contribution in [2.24, 2.45) is 0 Å². The average Bonchev–Trinajstić information content (AvgIpc) is 2.32. The Hall–Kier alpha value is -1.90. The van der Waals surface area contributed by atoms with Crippen molar-refractivity contribution in [2.45, 2.75) is 0 Å². The molecule has 3 heteroatoms. The summed E-state index contributed by atoms with van der Waals surface area (Å²) in [4.78, 5) is 0. The minimum Gasteiger partial charge on any atom is -0.497 e. The molecule has 0 spiro atoms. The van der Waals surface area contributed by atoms with E-state index in [1.54, 1.807) is 31.4 Å². The van der Waals surface area contributed by atoms with Gasteiger partial charge in [-0.05, 0) is 35.9 Å². The molecular formula is C13H10F2O. The maximum Gasteiger partial charge on any atom is 0.131 e. The molecule has 0 aromatic heterocycles. The van der Waals surface area contributed by atoms with E-state index in [2.05, 4.69) is 0 Å². The summed E-state index contributed by atoms with van der Waals surface area (Å²) >= 11 is 0. The highest BCUT2D eigenvalue weighted by atomic mass is 19.1. The van der Waals surface area contributed by atoms with Crippen LogP contribution in [0.4, 0.5) is 8.78 Å². The Labute approximate surface area is 92.3 Å². The third kappa shape index (κ3) is 2.03. The highest BCUT2D eigenvalue weighted by Gasteiger charge is 2.06. The van der Waals surface area contributed by atoms with Gasteiger partial charge in [-0.1, -0.05) is 12.1 Å². The largest absolute Gasteiger partial charge is 0.497 e. The van der Waals surface area contributed by atoms with Gasteiger partial charge in [-0.15, -0.1) is 0 Å². The molecule has 0 atom stereocenters. The van der Waals surface area contributed by atoms with E-state index in [4.69, 9.17) is 4.74 Å². The zero-order valence-electron chi connectivity index (χ0n) is 8.71. The molecule has 0 aliphatic carbocycles. The SMILES string of the molecule is COc1ccc(-c2cc(F)ccc2F)cc1. The van der Waals surface area contributed by atoms with Crippen LogP contribution in [0, 0.1) is 11.6 Å². The first-order valence-corrected chi connectivity index (χ1v) is 4.80. The normalized spacial score (nSPS) is 10.2.